The van der Waals surface area contributed by atoms with Gasteiger partial charge >= 0.3 is 8.80 Å². The topological polar surface area (TPSA) is 57.1 Å². The maximum atomic E-state index is 10.5. The molecule has 0 unspecified atom stereocenters. The van der Waals surface area contributed by atoms with Crippen molar-refractivity contribution in [3.8, 4) is 0 Å². The van der Waals surface area contributed by atoms with Gasteiger partial charge in [0.15, 0.2) is 5.72 Å². The summed E-state index contributed by atoms with van der Waals surface area (Å²) in [5.74, 6) is 0. The molecule has 0 aromatic rings. The third-order valence-electron chi connectivity index (χ3n) is 2.11. The Kier molecular flexibility index (Phi) is 7.70. The minimum atomic E-state index is -2.87. The van der Waals surface area contributed by atoms with Gasteiger partial charge in [-0.05, 0) is 41.5 Å². The van der Waals surface area contributed by atoms with Crippen LogP contribution in [0, 0.1) is 0 Å². The van der Waals surface area contributed by atoms with Gasteiger partial charge in [-0.1, -0.05) is 13.3 Å². The molecule has 0 spiro atoms. The zero-order valence-electron chi connectivity index (χ0n) is 13.1. The average molecular weight is 289 g/mol. The fraction of sp³-hybridized carbons (Fsp3) is 0.923. The molecule has 0 aliphatic heterocycles. The first-order chi connectivity index (χ1) is 8.66. The summed E-state index contributed by atoms with van der Waals surface area (Å²) >= 11 is 0. The van der Waals surface area contributed by atoms with Gasteiger partial charge in [-0.25, -0.2) is 4.79 Å². The summed E-state index contributed by atoms with van der Waals surface area (Å²) in [7, 11) is -2.87. The Morgan fingerprint density at radius 1 is 1.16 bits per heavy atom. The van der Waals surface area contributed by atoms with Gasteiger partial charge in [0.05, 0.1) is 0 Å². The Balaban J connectivity index is 5.23. The smallest absolute Gasteiger partial charge is 0.371 e. The lowest BCUT2D eigenvalue weighted by molar-refractivity contribution is -0.0334. The highest BCUT2D eigenvalue weighted by molar-refractivity contribution is 6.60. The summed E-state index contributed by atoms with van der Waals surface area (Å²) < 4.78 is 17.9. The molecule has 0 aromatic carbocycles. The maximum Gasteiger partial charge on any atom is 0.503 e. The molecular weight excluding hydrogens is 262 g/mol. The average Bonchev–Trinajstić information content (AvgIpc) is 2.12. The Labute approximate surface area is 117 Å². The van der Waals surface area contributed by atoms with E-state index in [-0.39, 0.29) is 12.2 Å². The number of carbonyl (C=O) groups excluding carboxylic acids is 1. The Morgan fingerprint density at radius 2 is 1.63 bits per heavy atom. The third-order valence-corrected chi connectivity index (χ3v) is 5.69. The predicted molar refractivity (Wildman–Crippen MR) is 76.6 cm³/mol. The van der Waals surface area contributed by atoms with Crippen molar-refractivity contribution in [2.24, 2.45) is 4.99 Å². The van der Waals surface area contributed by atoms with Crippen LogP contribution in [0.25, 0.3) is 0 Å². The molecule has 0 rings (SSSR count). The van der Waals surface area contributed by atoms with Crippen LogP contribution in [0.5, 0.6) is 0 Å². The molecule has 6 heteroatoms. The van der Waals surface area contributed by atoms with Gasteiger partial charge in [-0.15, -0.1) is 0 Å². The van der Waals surface area contributed by atoms with Crippen LogP contribution < -0.4 is 0 Å². The van der Waals surface area contributed by atoms with Crippen LogP contribution >= 0.6 is 0 Å². The molecule has 0 fully saturated rings. The van der Waals surface area contributed by atoms with Crippen molar-refractivity contribution in [2.45, 2.75) is 78.9 Å². The van der Waals surface area contributed by atoms with E-state index in [1.165, 1.54) is 0 Å². The molecule has 0 aliphatic rings. The first-order valence-corrected chi connectivity index (χ1v) is 8.74. The molecule has 0 N–H and O–H groups in total. The molecule has 19 heavy (non-hydrogen) atoms. The summed E-state index contributed by atoms with van der Waals surface area (Å²) in [6.07, 6.45) is 2.41. The molecule has 0 bridgehead atoms. The van der Waals surface area contributed by atoms with E-state index in [4.69, 9.17) is 13.3 Å². The van der Waals surface area contributed by atoms with Crippen molar-refractivity contribution in [3.63, 3.8) is 0 Å². The largest absolute Gasteiger partial charge is 0.503 e. The molecule has 112 valence electrons. The van der Waals surface area contributed by atoms with Crippen LogP contribution in [0.2, 0.25) is 6.04 Å². The molecular formula is C13H27NO4Si. The van der Waals surface area contributed by atoms with E-state index < -0.39 is 14.5 Å². The Bertz CT molecular complexity index is 302. The summed E-state index contributed by atoms with van der Waals surface area (Å²) in [5.41, 5.74) is -0.979. The van der Waals surface area contributed by atoms with Gasteiger partial charge in [0, 0.05) is 18.3 Å². The first-order valence-electron chi connectivity index (χ1n) is 6.81. The number of hydrogen-bond donors (Lipinski definition) is 0. The molecule has 0 saturated carbocycles. The first kappa shape index (κ1) is 18.5. The lowest BCUT2D eigenvalue weighted by Crippen LogP contribution is -2.53. The summed E-state index contributed by atoms with van der Waals surface area (Å²) in [6, 6.07) is 0.696. The number of hydrogen-bond acceptors (Lipinski definition) is 5. The minimum Gasteiger partial charge on any atom is -0.371 e. The number of nitrogens with zero attached hydrogens (tertiary/aromatic N) is 1. The van der Waals surface area contributed by atoms with E-state index in [0.717, 1.165) is 6.42 Å². The number of isocyanates is 1. The zero-order chi connectivity index (χ0) is 15.1. The van der Waals surface area contributed by atoms with Gasteiger partial charge in [-0.3, -0.25) is 0 Å². The van der Waals surface area contributed by atoms with Crippen molar-refractivity contribution < 1.29 is 18.1 Å². The van der Waals surface area contributed by atoms with Crippen LogP contribution in [-0.4, -0.2) is 32.8 Å². The van der Waals surface area contributed by atoms with Crippen LogP contribution in [-0.2, 0) is 18.1 Å². The third kappa shape index (κ3) is 7.60. The fourth-order valence-corrected chi connectivity index (χ4v) is 5.13. The van der Waals surface area contributed by atoms with Crippen molar-refractivity contribution in [2.75, 3.05) is 0 Å². The number of aliphatic imine (C=N–C) groups is 1. The van der Waals surface area contributed by atoms with E-state index in [0.29, 0.717) is 6.04 Å². The quantitative estimate of drug-likeness (QED) is 0.371. The second-order valence-corrected chi connectivity index (χ2v) is 8.06. The van der Waals surface area contributed by atoms with E-state index >= 15 is 0 Å². The standard InChI is InChI=1S/C13H27NO4Si/c1-8-9-19(16-11(2)3,17-12(4)5)18-13(6,7)14-10-15/h11-12H,8-9H2,1-7H3. The normalized spacial score (nSPS) is 12.9. The molecule has 0 atom stereocenters. The van der Waals surface area contributed by atoms with Gasteiger partial charge in [0.1, 0.15) is 0 Å². The highest BCUT2D eigenvalue weighted by atomic mass is 28.4. The molecule has 0 aromatic heterocycles. The molecule has 0 aliphatic carbocycles. The van der Waals surface area contributed by atoms with Crippen molar-refractivity contribution in [1.29, 1.82) is 0 Å². The Morgan fingerprint density at radius 3 is 1.95 bits per heavy atom. The lowest BCUT2D eigenvalue weighted by Gasteiger charge is -2.37. The molecule has 0 radical (unpaired) electrons. The maximum absolute atomic E-state index is 10.5. The van der Waals surface area contributed by atoms with E-state index in [1.54, 1.807) is 19.9 Å². The van der Waals surface area contributed by atoms with Crippen molar-refractivity contribution >= 4 is 14.9 Å². The Hall–Kier alpha value is -0.523. The van der Waals surface area contributed by atoms with E-state index in [1.807, 2.05) is 27.7 Å². The molecule has 5 nitrogen and oxygen atoms in total. The SMILES string of the molecule is CCC[Si](OC(C)C)(OC(C)C)OC(C)(C)N=C=O. The summed E-state index contributed by atoms with van der Waals surface area (Å²) in [6.45, 7) is 13.3. The predicted octanol–water partition coefficient (Wildman–Crippen LogP) is 3.27. The van der Waals surface area contributed by atoms with E-state index in [2.05, 4.69) is 11.9 Å². The molecule has 0 saturated heterocycles. The van der Waals surface area contributed by atoms with Crippen LogP contribution in [0.15, 0.2) is 4.99 Å². The fourth-order valence-electron chi connectivity index (χ4n) is 1.78. The molecule has 0 heterocycles. The second-order valence-electron chi connectivity index (χ2n) is 5.52. The van der Waals surface area contributed by atoms with Crippen molar-refractivity contribution in [3.05, 3.63) is 0 Å². The van der Waals surface area contributed by atoms with Crippen LogP contribution in [0.3, 0.4) is 0 Å². The highest BCUT2D eigenvalue weighted by Crippen LogP contribution is 2.27. The van der Waals surface area contributed by atoms with E-state index in [9.17, 15) is 4.79 Å². The lowest BCUT2D eigenvalue weighted by atomic mass is 10.3. The summed E-state index contributed by atoms with van der Waals surface area (Å²) in [4.78, 5) is 14.2. The van der Waals surface area contributed by atoms with Gasteiger partial charge in [0.25, 0.3) is 0 Å². The van der Waals surface area contributed by atoms with Crippen LogP contribution in [0.1, 0.15) is 54.9 Å². The van der Waals surface area contributed by atoms with Crippen LogP contribution in [0.4, 0.5) is 0 Å². The summed E-state index contributed by atoms with van der Waals surface area (Å²) in [5, 5.41) is 0. The molecule has 0 amide bonds. The zero-order valence-corrected chi connectivity index (χ0v) is 14.1. The highest BCUT2D eigenvalue weighted by Gasteiger charge is 2.46. The van der Waals surface area contributed by atoms with Gasteiger partial charge < -0.3 is 13.3 Å². The monoisotopic (exact) mass is 289 g/mol. The van der Waals surface area contributed by atoms with Gasteiger partial charge in [0.2, 0.25) is 6.08 Å². The minimum absolute atomic E-state index is 0.00650. The van der Waals surface area contributed by atoms with Crippen molar-refractivity contribution in [1.82, 2.24) is 0 Å². The second kappa shape index (κ2) is 7.92. The van der Waals surface area contributed by atoms with Gasteiger partial charge in [-0.2, -0.15) is 4.99 Å². The number of rotatable bonds is 9.